The maximum Gasteiger partial charge on any atom is 0.255 e. The summed E-state index contributed by atoms with van der Waals surface area (Å²) in [5, 5.41) is 3.30. The molecule has 0 saturated carbocycles. The third kappa shape index (κ3) is 4.31. The number of rotatable bonds is 4. The Morgan fingerprint density at radius 1 is 1.07 bits per heavy atom. The number of thioether (sulfide) groups is 1. The Bertz CT molecular complexity index is 1070. The van der Waals surface area contributed by atoms with Crippen LogP contribution < -0.4 is 10.2 Å². The van der Waals surface area contributed by atoms with E-state index in [4.69, 9.17) is 11.6 Å². The zero-order chi connectivity index (χ0) is 20.4. The standard InChI is InChI=1S/C23H19ClN2O2S/c1-15-8-10-20(11-9-15)26-21(27)14-29-23(26)17-5-3-7-19(13-17)25-22(28)16-4-2-6-18(24)12-16/h2-13,23H,14H2,1H3,(H,25,28). The highest BCUT2D eigenvalue weighted by atomic mass is 35.5. The molecule has 1 N–H and O–H groups in total. The lowest BCUT2D eigenvalue weighted by Gasteiger charge is -2.25. The van der Waals surface area contributed by atoms with Crippen LogP contribution in [0, 0.1) is 6.92 Å². The van der Waals surface area contributed by atoms with Crippen molar-refractivity contribution in [3.63, 3.8) is 0 Å². The molecule has 1 atom stereocenters. The summed E-state index contributed by atoms with van der Waals surface area (Å²) in [5.41, 5.74) is 4.16. The molecule has 0 spiro atoms. The lowest BCUT2D eigenvalue weighted by atomic mass is 10.1. The predicted octanol–water partition coefficient (Wildman–Crippen LogP) is 5.68. The normalized spacial score (nSPS) is 16.1. The van der Waals surface area contributed by atoms with E-state index in [1.807, 2.05) is 60.4 Å². The molecule has 3 aromatic carbocycles. The Kier molecular flexibility index (Phi) is 5.60. The van der Waals surface area contributed by atoms with E-state index in [9.17, 15) is 9.59 Å². The molecule has 1 heterocycles. The van der Waals surface area contributed by atoms with Gasteiger partial charge in [-0.15, -0.1) is 11.8 Å². The molecule has 0 radical (unpaired) electrons. The van der Waals surface area contributed by atoms with Crippen molar-refractivity contribution in [2.24, 2.45) is 0 Å². The van der Waals surface area contributed by atoms with Gasteiger partial charge in [0.25, 0.3) is 5.91 Å². The summed E-state index contributed by atoms with van der Waals surface area (Å²) in [6, 6.07) is 22.4. The van der Waals surface area contributed by atoms with Gasteiger partial charge in [-0.2, -0.15) is 0 Å². The van der Waals surface area contributed by atoms with Gasteiger partial charge in [-0.3, -0.25) is 14.5 Å². The van der Waals surface area contributed by atoms with Crippen LogP contribution in [0.3, 0.4) is 0 Å². The summed E-state index contributed by atoms with van der Waals surface area (Å²) in [5.74, 6) is 0.282. The van der Waals surface area contributed by atoms with Gasteiger partial charge in [0.2, 0.25) is 5.91 Å². The maximum absolute atomic E-state index is 12.5. The van der Waals surface area contributed by atoms with E-state index < -0.39 is 0 Å². The number of anilines is 2. The molecule has 146 valence electrons. The Labute approximate surface area is 178 Å². The van der Waals surface area contributed by atoms with Gasteiger partial charge < -0.3 is 5.32 Å². The fraction of sp³-hybridized carbons (Fsp3) is 0.130. The molecule has 4 rings (SSSR count). The van der Waals surface area contributed by atoms with Crippen molar-refractivity contribution in [3.8, 4) is 0 Å². The minimum absolute atomic E-state index is 0.0808. The van der Waals surface area contributed by atoms with Crippen LogP contribution in [0.15, 0.2) is 72.8 Å². The van der Waals surface area contributed by atoms with Crippen molar-refractivity contribution in [3.05, 3.63) is 94.5 Å². The summed E-state index contributed by atoms with van der Waals surface area (Å²) < 4.78 is 0. The molecule has 0 bridgehead atoms. The quantitative estimate of drug-likeness (QED) is 0.588. The minimum atomic E-state index is -0.227. The lowest BCUT2D eigenvalue weighted by molar-refractivity contribution is -0.115. The number of benzene rings is 3. The first-order chi connectivity index (χ1) is 14.0. The molecule has 1 unspecified atom stereocenters. The number of nitrogens with zero attached hydrogens (tertiary/aromatic N) is 1. The van der Waals surface area contributed by atoms with Crippen LogP contribution in [0.5, 0.6) is 0 Å². The molecule has 29 heavy (non-hydrogen) atoms. The van der Waals surface area contributed by atoms with Crippen molar-refractivity contribution in [1.82, 2.24) is 0 Å². The largest absolute Gasteiger partial charge is 0.322 e. The molecular weight excluding hydrogens is 404 g/mol. The van der Waals surface area contributed by atoms with Crippen LogP contribution in [0.2, 0.25) is 5.02 Å². The number of amides is 2. The Balaban J connectivity index is 1.58. The van der Waals surface area contributed by atoms with Crippen LogP contribution >= 0.6 is 23.4 Å². The van der Waals surface area contributed by atoms with E-state index >= 15 is 0 Å². The minimum Gasteiger partial charge on any atom is -0.322 e. The molecule has 2 amide bonds. The lowest BCUT2D eigenvalue weighted by Crippen LogP contribution is -2.27. The van der Waals surface area contributed by atoms with Crippen LogP contribution in [0.25, 0.3) is 0 Å². The number of nitrogens with one attached hydrogen (secondary N) is 1. The van der Waals surface area contributed by atoms with E-state index in [-0.39, 0.29) is 17.2 Å². The Morgan fingerprint density at radius 2 is 1.83 bits per heavy atom. The van der Waals surface area contributed by atoms with Crippen LogP contribution in [-0.4, -0.2) is 17.6 Å². The SMILES string of the molecule is Cc1ccc(N2C(=O)CSC2c2cccc(NC(=O)c3cccc(Cl)c3)c2)cc1. The summed E-state index contributed by atoms with van der Waals surface area (Å²) >= 11 is 7.56. The topological polar surface area (TPSA) is 49.4 Å². The first-order valence-corrected chi connectivity index (χ1v) is 10.6. The first kappa shape index (κ1) is 19.6. The molecule has 0 aliphatic carbocycles. The van der Waals surface area contributed by atoms with Gasteiger partial charge in [0, 0.05) is 22.0 Å². The Hall–Kier alpha value is -2.76. The number of carbonyl (C=O) groups excluding carboxylic acids is 2. The highest BCUT2D eigenvalue weighted by molar-refractivity contribution is 8.00. The molecule has 0 aromatic heterocycles. The number of hydrogen-bond acceptors (Lipinski definition) is 3. The highest BCUT2D eigenvalue weighted by Crippen LogP contribution is 2.42. The van der Waals surface area contributed by atoms with Gasteiger partial charge in [-0.05, 0) is 55.0 Å². The maximum atomic E-state index is 12.5. The first-order valence-electron chi connectivity index (χ1n) is 9.18. The van der Waals surface area contributed by atoms with Gasteiger partial charge in [0.05, 0.1) is 5.75 Å². The monoisotopic (exact) mass is 422 g/mol. The number of hydrogen-bond donors (Lipinski definition) is 1. The van der Waals surface area contributed by atoms with Crippen molar-refractivity contribution < 1.29 is 9.59 Å². The summed E-state index contributed by atoms with van der Waals surface area (Å²) in [7, 11) is 0. The molecule has 1 fully saturated rings. The van der Waals surface area contributed by atoms with Gasteiger partial charge in [0.1, 0.15) is 5.37 Å². The van der Waals surface area contributed by atoms with Crippen molar-refractivity contribution in [1.29, 1.82) is 0 Å². The van der Waals surface area contributed by atoms with Crippen LogP contribution in [0.4, 0.5) is 11.4 Å². The zero-order valence-electron chi connectivity index (χ0n) is 15.8. The van der Waals surface area contributed by atoms with Crippen LogP contribution in [-0.2, 0) is 4.79 Å². The predicted molar refractivity (Wildman–Crippen MR) is 120 cm³/mol. The number of carbonyl (C=O) groups is 2. The summed E-state index contributed by atoms with van der Waals surface area (Å²) in [4.78, 5) is 26.9. The number of aryl methyl sites for hydroxylation is 1. The Morgan fingerprint density at radius 3 is 2.59 bits per heavy atom. The van der Waals surface area contributed by atoms with E-state index in [0.717, 1.165) is 16.8 Å². The smallest absolute Gasteiger partial charge is 0.255 e. The molecule has 3 aromatic rings. The average molecular weight is 423 g/mol. The average Bonchev–Trinajstić information content (AvgIpc) is 3.10. The zero-order valence-corrected chi connectivity index (χ0v) is 17.3. The summed E-state index contributed by atoms with van der Waals surface area (Å²) in [6.45, 7) is 2.02. The third-order valence-electron chi connectivity index (χ3n) is 4.70. The molecule has 1 aliphatic rings. The van der Waals surface area contributed by atoms with Crippen molar-refractivity contribution >= 4 is 46.6 Å². The molecule has 1 aliphatic heterocycles. The van der Waals surface area contributed by atoms with Crippen LogP contribution in [0.1, 0.15) is 26.9 Å². The van der Waals surface area contributed by atoms with Gasteiger partial charge >= 0.3 is 0 Å². The highest BCUT2D eigenvalue weighted by Gasteiger charge is 2.34. The fourth-order valence-corrected chi connectivity index (χ4v) is 4.62. The second kappa shape index (κ2) is 8.31. The van der Waals surface area contributed by atoms with Gasteiger partial charge in [0.15, 0.2) is 0 Å². The molecule has 1 saturated heterocycles. The van der Waals surface area contributed by atoms with E-state index in [1.54, 1.807) is 36.0 Å². The summed E-state index contributed by atoms with van der Waals surface area (Å²) in [6.07, 6.45) is 0. The fourth-order valence-electron chi connectivity index (χ4n) is 3.26. The third-order valence-corrected chi connectivity index (χ3v) is 6.14. The van der Waals surface area contributed by atoms with Crippen molar-refractivity contribution in [2.45, 2.75) is 12.3 Å². The number of halogens is 1. The molecule has 6 heteroatoms. The van der Waals surface area contributed by atoms with E-state index in [1.165, 1.54) is 0 Å². The van der Waals surface area contributed by atoms with Crippen molar-refractivity contribution in [2.75, 3.05) is 16.0 Å². The van der Waals surface area contributed by atoms with E-state index in [2.05, 4.69) is 5.32 Å². The molecule has 4 nitrogen and oxygen atoms in total. The van der Waals surface area contributed by atoms with E-state index in [0.29, 0.717) is 22.0 Å². The van der Waals surface area contributed by atoms with Gasteiger partial charge in [-0.25, -0.2) is 0 Å². The second-order valence-corrected chi connectivity index (χ2v) is 8.36. The van der Waals surface area contributed by atoms with Gasteiger partial charge in [-0.1, -0.05) is 47.5 Å². The second-order valence-electron chi connectivity index (χ2n) is 6.85. The molecular formula is C23H19ClN2O2S.